The lowest BCUT2D eigenvalue weighted by molar-refractivity contribution is 0.0677. The van der Waals surface area contributed by atoms with Crippen molar-refractivity contribution in [2.24, 2.45) is 5.92 Å². The molecule has 1 aromatic heterocycles. The van der Waals surface area contributed by atoms with Crippen LogP contribution < -0.4 is 5.73 Å². The Morgan fingerprint density at radius 3 is 2.70 bits per heavy atom. The zero-order chi connectivity index (χ0) is 14.7. The van der Waals surface area contributed by atoms with Gasteiger partial charge in [0, 0.05) is 25.8 Å². The van der Waals surface area contributed by atoms with Crippen LogP contribution in [0.5, 0.6) is 0 Å². The second kappa shape index (κ2) is 6.41. The second-order valence-corrected chi connectivity index (χ2v) is 6.00. The Kier molecular flexibility index (Phi) is 4.83. The van der Waals surface area contributed by atoms with Crippen LogP contribution in [-0.2, 0) is 0 Å². The van der Waals surface area contributed by atoms with E-state index in [0.29, 0.717) is 16.5 Å². The molecule has 2 heterocycles. The molecule has 1 aliphatic heterocycles. The van der Waals surface area contributed by atoms with E-state index in [1.54, 1.807) is 6.07 Å². The first-order valence-corrected chi connectivity index (χ1v) is 7.20. The number of anilines is 1. The minimum absolute atomic E-state index is 0.0114. The van der Waals surface area contributed by atoms with E-state index in [-0.39, 0.29) is 11.7 Å². The number of hydrogen-bond donors (Lipinski definition) is 1. The van der Waals surface area contributed by atoms with E-state index in [1.165, 1.54) is 6.20 Å². The lowest BCUT2D eigenvalue weighted by atomic mass is 9.96. The summed E-state index contributed by atoms with van der Waals surface area (Å²) >= 11 is 5.91. The van der Waals surface area contributed by atoms with Gasteiger partial charge < -0.3 is 15.5 Å². The van der Waals surface area contributed by atoms with Crippen LogP contribution in [0.15, 0.2) is 12.3 Å². The van der Waals surface area contributed by atoms with Gasteiger partial charge in [0.1, 0.15) is 5.82 Å². The fourth-order valence-electron chi connectivity index (χ4n) is 2.58. The third-order valence-corrected chi connectivity index (χ3v) is 3.94. The molecular formula is C14H21ClN4O. The SMILES string of the molecule is CN(C)CC1CCN(C(=O)c2cnc(N)c(Cl)c2)CC1. The Labute approximate surface area is 124 Å². The smallest absolute Gasteiger partial charge is 0.255 e. The molecule has 1 aliphatic rings. The number of carbonyl (C=O) groups is 1. The number of hydrogen-bond acceptors (Lipinski definition) is 4. The predicted molar refractivity (Wildman–Crippen MR) is 80.8 cm³/mol. The van der Waals surface area contributed by atoms with Crippen molar-refractivity contribution in [1.29, 1.82) is 0 Å². The topological polar surface area (TPSA) is 62.5 Å². The molecule has 1 saturated heterocycles. The summed E-state index contributed by atoms with van der Waals surface area (Å²) in [7, 11) is 4.17. The molecule has 0 spiro atoms. The molecule has 6 heteroatoms. The Bertz CT molecular complexity index is 484. The summed E-state index contributed by atoms with van der Waals surface area (Å²) in [6, 6.07) is 1.60. The van der Waals surface area contributed by atoms with E-state index in [4.69, 9.17) is 17.3 Å². The third-order valence-electron chi connectivity index (χ3n) is 3.64. The normalized spacial score (nSPS) is 16.7. The Morgan fingerprint density at radius 1 is 1.50 bits per heavy atom. The highest BCUT2D eigenvalue weighted by molar-refractivity contribution is 6.33. The zero-order valence-electron chi connectivity index (χ0n) is 12.0. The molecule has 1 amide bonds. The molecule has 0 bridgehead atoms. The number of carbonyl (C=O) groups excluding carboxylic acids is 1. The number of amides is 1. The lowest BCUT2D eigenvalue weighted by Crippen LogP contribution is -2.40. The average Bonchev–Trinajstić information content (AvgIpc) is 2.41. The number of nitrogen functional groups attached to an aromatic ring is 1. The molecule has 1 aromatic rings. The molecule has 20 heavy (non-hydrogen) atoms. The number of halogens is 1. The lowest BCUT2D eigenvalue weighted by Gasteiger charge is -2.33. The standard InChI is InChI=1S/C14H21ClN4O/c1-18(2)9-10-3-5-19(6-4-10)14(20)11-7-12(15)13(16)17-8-11/h7-8,10H,3-6,9H2,1-2H3,(H2,16,17). The van der Waals surface area contributed by atoms with Crippen molar-refractivity contribution in [1.82, 2.24) is 14.8 Å². The molecule has 1 fully saturated rings. The van der Waals surface area contributed by atoms with Gasteiger partial charge in [0.05, 0.1) is 10.6 Å². The first-order valence-electron chi connectivity index (χ1n) is 6.82. The first-order chi connectivity index (χ1) is 9.47. The Hall–Kier alpha value is -1.33. The molecular weight excluding hydrogens is 276 g/mol. The average molecular weight is 297 g/mol. The van der Waals surface area contributed by atoms with Gasteiger partial charge in [0.2, 0.25) is 0 Å². The fourth-order valence-corrected chi connectivity index (χ4v) is 2.75. The van der Waals surface area contributed by atoms with Gasteiger partial charge in [0.15, 0.2) is 0 Å². The van der Waals surface area contributed by atoms with Crippen LogP contribution in [0.1, 0.15) is 23.2 Å². The number of nitrogens with zero attached hydrogens (tertiary/aromatic N) is 3. The molecule has 0 aromatic carbocycles. The van der Waals surface area contributed by atoms with Crippen LogP contribution in [0.25, 0.3) is 0 Å². The zero-order valence-corrected chi connectivity index (χ0v) is 12.7. The molecule has 0 atom stereocenters. The fraction of sp³-hybridized carbons (Fsp3) is 0.571. The van der Waals surface area contributed by atoms with Crippen molar-refractivity contribution in [2.75, 3.05) is 39.5 Å². The van der Waals surface area contributed by atoms with E-state index in [9.17, 15) is 4.79 Å². The monoisotopic (exact) mass is 296 g/mol. The highest BCUT2D eigenvalue weighted by Gasteiger charge is 2.24. The summed E-state index contributed by atoms with van der Waals surface area (Å²) < 4.78 is 0. The summed E-state index contributed by atoms with van der Waals surface area (Å²) in [6.07, 6.45) is 3.58. The van der Waals surface area contributed by atoms with Crippen LogP contribution in [0, 0.1) is 5.92 Å². The largest absolute Gasteiger partial charge is 0.382 e. The van der Waals surface area contributed by atoms with Crippen LogP contribution in [0.2, 0.25) is 5.02 Å². The van der Waals surface area contributed by atoms with Crippen molar-refractivity contribution in [3.63, 3.8) is 0 Å². The minimum Gasteiger partial charge on any atom is -0.382 e. The molecule has 5 nitrogen and oxygen atoms in total. The number of aromatic nitrogens is 1. The van der Waals surface area contributed by atoms with Crippen molar-refractivity contribution in [3.8, 4) is 0 Å². The number of nitrogens with two attached hydrogens (primary N) is 1. The van der Waals surface area contributed by atoms with E-state index < -0.39 is 0 Å². The van der Waals surface area contributed by atoms with Crippen molar-refractivity contribution in [2.45, 2.75) is 12.8 Å². The number of piperidine rings is 1. The number of likely N-dealkylation sites (tertiary alicyclic amines) is 1. The summed E-state index contributed by atoms with van der Waals surface area (Å²) in [5.41, 5.74) is 6.07. The second-order valence-electron chi connectivity index (χ2n) is 5.59. The summed E-state index contributed by atoms with van der Waals surface area (Å²) in [6.45, 7) is 2.66. The van der Waals surface area contributed by atoms with E-state index in [0.717, 1.165) is 32.5 Å². The van der Waals surface area contributed by atoms with Gasteiger partial charge in [-0.2, -0.15) is 0 Å². The Morgan fingerprint density at radius 2 is 2.15 bits per heavy atom. The van der Waals surface area contributed by atoms with Crippen molar-refractivity contribution in [3.05, 3.63) is 22.8 Å². The van der Waals surface area contributed by atoms with Gasteiger partial charge >= 0.3 is 0 Å². The Balaban J connectivity index is 1.96. The number of rotatable bonds is 3. The summed E-state index contributed by atoms with van der Waals surface area (Å²) in [4.78, 5) is 20.4. The van der Waals surface area contributed by atoms with Gasteiger partial charge in [0.25, 0.3) is 5.91 Å². The maximum atomic E-state index is 12.4. The van der Waals surface area contributed by atoms with E-state index in [2.05, 4.69) is 24.0 Å². The molecule has 0 saturated carbocycles. The first kappa shape index (κ1) is 15.1. The molecule has 2 N–H and O–H groups in total. The highest BCUT2D eigenvalue weighted by Crippen LogP contribution is 2.22. The van der Waals surface area contributed by atoms with Gasteiger partial charge in [-0.15, -0.1) is 0 Å². The van der Waals surface area contributed by atoms with Gasteiger partial charge in [-0.3, -0.25) is 4.79 Å². The quantitative estimate of drug-likeness (QED) is 0.923. The van der Waals surface area contributed by atoms with Crippen LogP contribution in [-0.4, -0.2) is 54.4 Å². The molecule has 0 radical (unpaired) electrons. The number of pyridine rings is 1. The molecule has 0 aliphatic carbocycles. The van der Waals surface area contributed by atoms with E-state index >= 15 is 0 Å². The maximum Gasteiger partial charge on any atom is 0.255 e. The van der Waals surface area contributed by atoms with Crippen LogP contribution in [0.4, 0.5) is 5.82 Å². The molecule has 0 unspecified atom stereocenters. The van der Waals surface area contributed by atoms with Gasteiger partial charge in [-0.1, -0.05) is 11.6 Å². The van der Waals surface area contributed by atoms with Gasteiger partial charge in [-0.25, -0.2) is 4.98 Å². The predicted octanol–water partition coefficient (Wildman–Crippen LogP) is 1.73. The minimum atomic E-state index is -0.0114. The van der Waals surface area contributed by atoms with E-state index in [1.807, 2.05) is 4.90 Å². The third kappa shape index (κ3) is 3.61. The molecule has 110 valence electrons. The highest BCUT2D eigenvalue weighted by atomic mass is 35.5. The summed E-state index contributed by atoms with van der Waals surface area (Å²) in [5.74, 6) is 0.915. The maximum absolute atomic E-state index is 12.4. The van der Waals surface area contributed by atoms with Crippen molar-refractivity contribution >= 4 is 23.3 Å². The van der Waals surface area contributed by atoms with Crippen LogP contribution in [0.3, 0.4) is 0 Å². The summed E-state index contributed by atoms with van der Waals surface area (Å²) in [5, 5.41) is 0.332. The molecule has 2 rings (SSSR count). The van der Waals surface area contributed by atoms with Crippen LogP contribution >= 0.6 is 11.6 Å². The van der Waals surface area contributed by atoms with Crippen molar-refractivity contribution < 1.29 is 4.79 Å². The van der Waals surface area contributed by atoms with Gasteiger partial charge in [-0.05, 0) is 38.9 Å².